The molecule has 6 heteroatoms. The van der Waals surface area contributed by atoms with Gasteiger partial charge in [-0.1, -0.05) is 26.0 Å². The smallest absolute Gasteiger partial charge is 0.406 e. The average molecular weight is 303 g/mol. The highest BCUT2D eigenvalue weighted by atomic mass is 19.4. The van der Waals surface area contributed by atoms with E-state index in [0.29, 0.717) is 18.4 Å². The number of rotatable bonds is 7. The third kappa shape index (κ3) is 4.74. The Kier molecular flexibility index (Phi) is 5.78. The molecule has 0 saturated heterocycles. The summed E-state index contributed by atoms with van der Waals surface area (Å²) in [6.45, 7) is 4.09. The fourth-order valence-corrected chi connectivity index (χ4v) is 2.23. The summed E-state index contributed by atoms with van der Waals surface area (Å²) in [5, 5.41) is 0. The Bertz CT molecular complexity index is 457. The Balaban J connectivity index is 2.78. The van der Waals surface area contributed by atoms with Crippen molar-refractivity contribution in [2.45, 2.75) is 39.5 Å². The minimum atomic E-state index is -4.71. The monoisotopic (exact) mass is 303 g/mol. The Hall–Kier alpha value is -1.56. The molecule has 1 rings (SSSR count). The van der Waals surface area contributed by atoms with Gasteiger partial charge in [-0.3, -0.25) is 4.79 Å². The van der Waals surface area contributed by atoms with E-state index in [0.717, 1.165) is 0 Å². The molecule has 2 N–H and O–H groups in total. The Labute approximate surface area is 122 Å². The number of carbonyl (C=O) groups is 1. The first-order valence-corrected chi connectivity index (χ1v) is 6.84. The molecule has 0 fully saturated rings. The van der Waals surface area contributed by atoms with Gasteiger partial charge in [-0.05, 0) is 30.5 Å². The van der Waals surface area contributed by atoms with Crippen LogP contribution < -0.4 is 10.5 Å². The fraction of sp³-hybridized carbons (Fsp3) is 0.533. The molecule has 1 aromatic carbocycles. The van der Waals surface area contributed by atoms with E-state index in [1.807, 2.05) is 13.8 Å². The number of Topliss-reactive ketones (excluding diaryl/α,β-unsaturated/α-hetero) is 1. The summed E-state index contributed by atoms with van der Waals surface area (Å²) in [6, 6.07) is 5.34. The quantitative estimate of drug-likeness (QED) is 0.839. The summed E-state index contributed by atoms with van der Waals surface area (Å²) in [5.41, 5.74) is 5.80. The van der Waals surface area contributed by atoms with Crippen LogP contribution in [-0.2, 0) is 11.2 Å². The van der Waals surface area contributed by atoms with Crippen LogP contribution in [0.2, 0.25) is 0 Å². The number of ether oxygens (including phenoxy) is 1. The van der Waals surface area contributed by atoms with Crippen LogP contribution in [0.4, 0.5) is 13.2 Å². The number of halogens is 3. The lowest BCUT2D eigenvalue weighted by molar-refractivity contribution is -0.274. The van der Waals surface area contributed by atoms with Crippen LogP contribution in [0, 0.1) is 5.41 Å². The van der Waals surface area contributed by atoms with E-state index in [4.69, 9.17) is 5.73 Å². The second-order valence-electron chi connectivity index (χ2n) is 4.98. The minimum absolute atomic E-state index is 0.0134. The lowest BCUT2D eigenvalue weighted by Gasteiger charge is -2.28. The molecular formula is C15H20F3NO2. The maximum atomic E-state index is 12.4. The third-order valence-corrected chi connectivity index (χ3v) is 3.86. The Morgan fingerprint density at radius 2 is 1.67 bits per heavy atom. The van der Waals surface area contributed by atoms with E-state index in [2.05, 4.69) is 4.74 Å². The summed E-state index contributed by atoms with van der Waals surface area (Å²) in [7, 11) is 0. The Morgan fingerprint density at radius 3 is 2.05 bits per heavy atom. The molecule has 0 saturated carbocycles. The molecule has 21 heavy (non-hydrogen) atoms. The van der Waals surface area contributed by atoms with Gasteiger partial charge < -0.3 is 10.5 Å². The predicted octanol–water partition coefficient (Wildman–Crippen LogP) is 3.46. The molecule has 0 unspecified atom stereocenters. The highest BCUT2D eigenvalue weighted by Gasteiger charge is 2.33. The zero-order valence-corrected chi connectivity index (χ0v) is 12.2. The average Bonchev–Trinajstić information content (AvgIpc) is 2.42. The maximum Gasteiger partial charge on any atom is 0.573 e. The van der Waals surface area contributed by atoms with E-state index in [-0.39, 0.29) is 24.5 Å². The third-order valence-electron chi connectivity index (χ3n) is 3.86. The van der Waals surface area contributed by atoms with Crippen molar-refractivity contribution < 1.29 is 22.7 Å². The van der Waals surface area contributed by atoms with Gasteiger partial charge in [0.15, 0.2) is 0 Å². The first kappa shape index (κ1) is 17.5. The molecule has 0 aromatic heterocycles. The first-order chi connectivity index (χ1) is 9.76. The number of carbonyl (C=O) groups excluding carboxylic acids is 1. The van der Waals surface area contributed by atoms with Crippen LogP contribution in [0.25, 0.3) is 0 Å². The van der Waals surface area contributed by atoms with Crippen LogP contribution in [0.1, 0.15) is 32.3 Å². The molecule has 0 aliphatic heterocycles. The molecule has 3 nitrogen and oxygen atoms in total. The number of ketones is 1. The van der Waals surface area contributed by atoms with Gasteiger partial charge in [0.25, 0.3) is 0 Å². The summed E-state index contributed by atoms with van der Waals surface area (Å²) < 4.78 is 40.0. The van der Waals surface area contributed by atoms with E-state index < -0.39 is 11.8 Å². The molecular weight excluding hydrogens is 283 g/mol. The summed E-state index contributed by atoms with van der Waals surface area (Å²) >= 11 is 0. The molecule has 0 bridgehead atoms. The highest BCUT2D eigenvalue weighted by Crippen LogP contribution is 2.28. The van der Waals surface area contributed by atoms with Crippen molar-refractivity contribution in [3.8, 4) is 5.75 Å². The molecule has 0 atom stereocenters. The zero-order chi connectivity index (χ0) is 16.1. The van der Waals surface area contributed by atoms with Gasteiger partial charge in [0, 0.05) is 18.4 Å². The summed E-state index contributed by atoms with van der Waals surface area (Å²) in [4.78, 5) is 12.4. The van der Waals surface area contributed by atoms with E-state index in [1.165, 1.54) is 24.3 Å². The summed E-state index contributed by atoms with van der Waals surface area (Å²) in [5.74, 6) is -0.283. The van der Waals surface area contributed by atoms with Crippen LogP contribution in [0.5, 0.6) is 5.75 Å². The molecule has 0 heterocycles. The molecule has 1 aromatic rings. The SMILES string of the molecule is CCC(CC)(CN)C(=O)Cc1ccc(OC(F)(F)F)cc1. The van der Waals surface area contributed by atoms with Crippen molar-refractivity contribution in [1.29, 1.82) is 0 Å². The second kappa shape index (κ2) is 6.93. The molecule has 118 valence electrons. The van der Waals surface area contributed by atoms with Gasteiger partial charge in [0.05, 0.1) is 0 Å². The number of nitrogens with two attached hydrogens (primary N) is 1. The lowest BCUT2D eigenvalue weighted by Crippen LogP contribution is -2.38. The summed E-state index contributed by atoms with van der Waals surface area (Å²) in [6.07, 6.45) is -3.26. The molecule has 0 aliphatic rings. The van der Waals surface area contributed by atoms with Gasteiger partial charge in [0.1, 0.15) is 11.5 Å². The standard InChI is InChI=1S/C15H20F3NO2/c1-3-14(4-2,10-19)13(20)9-11-5-7-12(8-6-11)21-15(16,17)18/h5-8H,3-4,9-10,19H2,1-2H3. The maximum absolute atomic E-state index is 12.4. The number of benzene rings is 1. The van der Waals surface area contributed by atoms with E-state index in [9.17, 15) is 18.0 Å². The fourth-order valence-electron chi connectivity index (χ4n) is 2.23. The predicted molar refractivity (Wildman–Crippen MR) is 73.9 cm³/mol. The number of hydrogen-bond donors (Lipinski definition) is 1. The van der Waals surface area contributed by atoms with Crippen molar-refractivity contribution in [1.82, 2.24) is 0 Å². The van der Waals surface area contributed by atoms with Crippen molar-refractivity contribution in [2.24, 2.45) is 11.1 Å². The lowest BCUT2D eigenvalue weighted by atomic mass is 9.76. The van der Waals surface area contributed by atoms with Crippen molar-refractivity contribution in [3.63, 3.8) is 0 Å². The number of hydrogen-bond acceptors (Lipinski definition) is 3. The van der Waals surface area contributed by atoms with Crippen LogP contribution in [0.3, 0.4) is 0 Å². The second-order valence-corrected chi connectivity index (χ2v) is 4.98. The van der Waals surface area contributed by atoms with Gasteiger partial charge in [-0.2, -0.15) is 0 Å². The van der Waals surface area contributed by atoms with Crippen molar-refractivity contribution in [2.75, 3.05) is 6.54 Å². The zero-order valence-electron chi connectivity index (χ0n) is 12.2. The van der Waals surface area contributed by atoms with Crippen LogP contribution >= 0.6 is 0 Å². The first-order valence-electron chi connectivity index (χ1n) is 6.84. The topological polar surface area (TPSA) is 52.3 Å². The molecule has 0 amide bonds. The van der Waals surface area contributed by atoms with Crippen molar-refractivity contribution in [3.05, 3.63) is 29.8 Å². The minimum Gasteiger partial charge on any atom is -0.406 e. The molecule has 0 radical (unpaired) electrons. The molecule has 0 spiro atoms. The van der Waals surface area contributed by atoms with Gasteiger partial charge in [0.2, 0.25) is 0 Å². The largest absolute Gasteiger partial charge is 0.573 e. The number of alkyl halides is 3. The van der Waals surface area contributed by atoms with Gasteiger partial charge in [-0.25, -0.2) is 0 Å². The van der Waals surface area contributed by atoms with E-state index in [1.54, 1.807) is 0 Å². The van der Waals surface area contributed by atoms with E-state index >= 15 is 0 Å². The molecule has 0 aliphatic carbocycles. The Morgan fingerprint density at radius 1 is 1.14 bits per heavy atom. The van der Waals surface area contributed by atoms with Crippen LogP contribution in [-0.4, -0.2) is 18.7 Å². The normalized spacial score (nSPS) is 12.3. The van der Waals surface area contributed by atoms with Crippen molar-refractivity contribution >= 4 is 5.78 Å². The van der Waals surface area contributed by atoms with Crippen LogP contribution in [0.15, 0.2) is 24.3 Å². The van der Waals surface area contributed by atoms with Gasteiger partial charge >= 0.3 is 6.36 Å². The van der Waals surface area contributed by atoms with Gasteiger partial charge in [-0.15, -0.1) is 13.2 Å². The highest BCUT2D eigenvalue weighted by molar-refractivity contribution is 5.87.